The largest absolute Gasteiger partial charge is 0.497 e. The van der Waals surface area contributed by atoms with Crippen molar-refractivity contribution >= 4 is 9.84 Å². The molecule has 1 heterocycles. The zero-order valence-corrected chi connectivity index (χ0v) is 13.6. The lowest BCUT2D eigenvalue weighted by molar-refractivity contribution is -0.0469. The van der Waals surface area contributed by atoms with Crippen LogP contribution in [0.2, 0.25) is 0 Å². The first-order valence-electron chi connectivity index (χ1n) is 7.15. The molecule has 0 N–H and O–H groups in total. The Bertz CT molecular complexity index is 573. The Kier molecular flexibility index (Phi) is 5.24. The minimum atomic E-state index is -3.30. The molecule has 0 unspecified atom stereocenters. The molecular formula is C15H23NO4S. The van der Waals surface area contributed by atoms with Crippen LogP contribution in [0.4, 0.5) is 0 Å². The Morgan fingerprint density at radius 1 is 1.38 bits per heavy atom. The first-order chi connectivity index (χ1) is 9.92. The summed E-state index contributed by atoms with van der Waals surface area (Å²) in [4.78, 5) is 2.49. The second-order valence-electron chi connectivity index (χ2n) is 5.49. The molecule has 2 rings (SSSR count). The highest BCUT2D eigenvalue weighted by Gasteiger charge is 2.25. The lowest BCUT2D eigenvalue weighted by Gasteiger charge is -2.36. The van der Waals surface area contributed by atoms with Gasteiger partial charge in [0.15, 0.2) is 9.84 Å². The molecular weight excluding hydrogens is 290 g/mol. The van der Waals surface area contributed by atoms with E-state index in [2.05, 4.69) is 11.8 Å². The third-order valence-corrected chi connectivity index (χ3v) is 5.48. The monoisotopic (exact) mass is 313 g/mol. The Morgan fingerprint density at radius 2 is 2.14 bits per heavy atom. The lowest BCUT2D eigenvalue weighted by Crippen LogP contribution is -2.48. The number of sulfone groups is 1. The zero-order valence-electron chi connectivity index (χ0n) is 12.8. The highest BCUT2D eigenvalue weighted by Crippen LogP contribution is 2.19. The van der Waals surface area contributed by atoms with Gasteiger partial charge in [0, 0.05) is 19.1 Å². The number of nitrogens with zero attached hydrogens (tertiary/aromatic N) is 1. The highest BCUT2D eigenvalue weighted by molar-refractivity contribution is 7.91. The average molecular weight is 313 g/mol. The van der Waals surface area contributed by atoms with Crippen molar-refractivity contribution in [2.24, 2.45) is 0 Å². The van der Waals surface area contributed by atoms with Crippen molar-refractivity contribution in [1.29, 1.82) is 0 Å². The van der Waals surface area contributed by atoms with E-state index in [4.69, 9.17) is 9.47 Å². The van der Waals surface area contributed by atoms with Crippen LogP contribution < -0.4 is 4.74 Å². The lowest BCUT2D eigenvalue weighted by atomic mass is 10.2. The molecule has 6 heteroatoms. The standard InChI is InChI=1S/C15H23NO4S/c1-12-11-20-13(2)10-16(12)7-8-21(17,18)15-6-4-5-14(9-15)19-3/h4-6,9,12-13H,7-8,10-11H2,1-3H3/t12-,13-/m1/s1. The Balaban J connectivity index is 2.03. The van der Waals surface area contributed by atoms with Crippen LogP contribution in [0.15, 0.2) is 29.2 Å². The van der Waals surface area contributed by atoms with Gasteiger partial charge in [0.25, 0.3) is 0 Å². The van der Waals surface area contributed by atoms with Gasteiger partial charge in [-0.25, -0.2) is 8.42 Å². The maximum atomic E-state index is 12.4. The molecule has 0 aromatic heterocycles. The van der Waals surface area contributed by atoms with E-state index in [-0.39, 0.29) is 17.9 Å². The van der Waals surface area contributed by atoms with Crippen molar-refractivity contribution in [3.05, 3.63) is 24.3 Å². The summed E-state index contributed by atoms with van der Waals surface area (Å²) in [6.07, 6.45) is 0.153. The molecule has 0 bridgehead atoms. The third kappa shape index (κ3) is 4.18. The second kappa shape index (κ2) is 6.77. The topological polar surface area (TPSA) is 55.8 Å². The Hall–Kier alpha value is -1.11. The van der Waals surface area contributed by atoms with Gasteiger partial charge in [0.05, 0.1) is 30.5 Å². The van der Waals surface area contributed by atoms with Crippen LogP contribution in [0.3, 0.4) is 0 Å². The summed E-state index contributed by atoms with van der Waals surface area (Å²) in [7, 11) is -1.77. The normalized spacial score (nSPS) is 24.0. The second-order valence-corrected chi connectivity index (χ2v) is 7.59. The molecule has 21 heavy (non-hydrogen) atoms. The summed E-state index contributed by atoms with van der Waals surface area (Å²) in [6.45, 7) is 6.02. The van der Waals surface area contributed by atoms with E-state index in [0.29, 0.717) is 23.8 Å². The number of hydrogen-bond acceptors (Lipinski definition) is 5. The Morgan fingerprint density at radius 3 is 2.86 bits per heavy atom. The molecule has 118 valence electrons. The summed E-state index contributed by atoms with van der Waals surface area (Å²) in [6, 6.07) is 6.88. The molecule has 1 aliphatic rings. The van der Waals surface area contributed by atoms with Gasteiger partial charge in [-0.3, -0.25) is 4.90 Å². The van der Waals surface area contributed by atoms with Crippen molar-refractivity contribution in [2.75, 3.05) is 32.6 Å². The molecule has 2 atom stereocenters. The van der Waals surface area contributed by atoms with Gasteiger partial charge in [-0.1, -0.05) is 6.07 Å². The number of morpholine rings is 1. The highest BCUT2D eigenvalue weighted by atomic mass is 32.2. The van der Waals surface area contributed by atoms with Gasteiger partial charge in [-0.05, 0) is 32.0 Å². The maximum absolute atomic E-state index is 12.4. The molecule has 0 radical (unpaired) electrons. The quantitative estimate of drug-likeness (QED) is 0.826. The summed E-state index contributed by atoms with van der Waals surface area (Å²) < 4.78 is 35.5. The third-order valence-electron chi connectivity index (χ3n) is 3.78. The fraction of sp³-hybridized carbons (Fsp3) is 0.600. The fourth-order valence-electron chi connectivity index (χ4n) is 2.43. The summed E-state index contributed by atoms with van der Waals surface area (Å²) >= 11 is 0. The van der Waals surface area contributed by atoms with E-state index in [1.807, 2.05) is 6.92 Å². The number of rotatable bonds is 5. The number of methoxy groups -OCH3 is 1. The molecule has 0 spiro atoms. The van der Waals surface area contributed by atoms with E-state index < -0.39 is 9.84 Å². The van der Waals surface area contributed by atoms with Crippen LogP contribution in [-0.4, -0.2) is 58.0 Å². The summed E-state index contributed by atoms with van der Waals surface area (Å²) in [5.74, 6) is 0.668. The molecule has 5 nitrogen and oxygen atoms in total. The number of ether oxygens (including phenoxy) is 2. The van der Waals surface area contributed by atoms with Crippen LogP contribution in [0.5, 0.6) is 5.75 Å². The van der Waals surface area contributed by atoms with Gasteiger partial charge < -0.3 is 9.47 Å². The SMILES string of the molecule is COc1cccc(S(=O)(=O)CCN2C[C@@H](C)OC[C@H]2C)c1. The Labute approximate surface area is 126 Å². The number of benzene rings is 1. The molecule has 1 aliphatic heterocycles. The van der Waals surface area contributed by atoms with Gasteiger partial charge in [-0.15, -0.1) is 0 Å². The molecule has 1 fully saturated rings. The predicted molar refractivity (Wildman–Crippen MR) is 81.5 cm³/mol. The molecule has 0 aliphatic carbocycles. The minimum absolute atomic E-state index is 0.108. The summed E-state index contributed by atoms with van der Waals surface area (Å²) in [5, 5.41) is 0. The van der Waals surface area contributed by atoms with Crippen LogP contribution in [0, 0.1) is 0 Å². The van der Waals surface area contributed by atoms with Crippen molar-refractivity contribution in [3.8, 4) is 5.75 Å². The first kappa shape index (κ1) is 16.3. The van der Waals surface area contributed by atoms with Crippen molar-refractivity contribution in [2.45, 2.75) is 30.9 Å². The van der Waals surface area contributed by atoms with Gasteiger partial charge >= 0.3 is 0 Å². The molecule has 0 saturated carbocycles. The zero-order chi connectivity index (χ0) is 15.5. The fourth-order valence-corrected chi connectivity index (χ4v) is 3.73. The van der Waals surface area contributed by atoms with E-state index in [0.717, 1.165) is 6.54 Å². The van der Waals surface area contributed by atoms with Crippen LogP contribution in [0.25, 0.3) is 0 Å². The van der Waals surface area contributed by atoms with Crippen molar-refractivity contribution in [3.63, 3.8) is 0 Å². The maximum Gasteiger partial charge on any atom is 0.179 e. The molecule has 1 saturated heterocycles. The van der Waals surface area contributed by atoms with Crippen LogP contribution >= 0.6 is 0 Å². The van der Waals surface area contributed by atoms with Gasteiger partial charge in [0.2, 0.25) is 0 Å². The molecule has 0 amide bonds. The van der Waals surface area contributed by atoms with Gasteiger partial charge in [0.1, 0.15) is 5.75 Å². The smallest absolute Gasteiger partial charge is 0.179 e. The minimum Gasteiger partial charge on any atom is -0.497 e. The van der Waals surface area contributed by atoms with Crippen LogP contribution in [-0.2, 0) is 14.6 Å². The first-order valence-corrected chi connectivity index (χ1v) is 8.80. The van der Waals surface area contributed by atoms with E-state index in [9.17, 15) is 8.42 Å². The van der Waals surface area contributed by atoms with Crippen molar-refractivity contribution < 1.29 is 17.9 Å². The van der Waals surface area contributed by atoms with E-state index in [1.54, 1.807) is 24.3 Å². The molecule has 1 aromatic rings. The van der Waals surface area contributed by atoms with Crippen LogP contribution in [0.1, 0.15) is 13.8 Å². The summed E-state index contributed by atoms with van der Waals surface area (Å²) in [5.41, 5.74) is 0. The van der Waals surface area contributed by atoms with Gasteiger partial charge in [-0.2, -0.15) is 0 Å². The number of hydrogen-bond donors (Lipinski definition) is 0. The average Bonchev–Trinajstić information content (AvgIpc) is 2.48. The van der Waals surface area contributed by atoms with E-state index >= 15 is 0 Å². The molecule has 1 aromatic carbocycles. The van der Waals surface area contributed by atoms with E-state index in [1.165, 1.54) is 7.11 Å². The predicted octanol–water partition coefficient (Wildman–Crippen LogP) is 1.58. The van der Waals surface area contributed by atoms with Crippen molar-refractivity contribution in [1.82, 2.24) is 4.90 Å².